The number of halogens is 2. The summed E-state index contributed by atoms with van der Waals surface area (Å²) in [7, 11) is 0. The molecule has 4 aromatic heterocycles. The zero-order valence-corrected chi connectivity index (χ0v) is 37.8. The third-order valence-corrected chi connectivity index (χ3v) is 13.0. The van der Waals surface area contributed by atoms with Gasteiger partial charge in [-0.3, -0.25) is 14.7 Å². The minimum atomic E-state index is -0.0406. The van der Waals surface area contributed by atoms with E-state index < -0.39 is 0 Å². The number of piperazine rings is 2. The number of carbonyl (C=O) groups excluding carboxylic acids is 2. The Morgan fingerprint density at radius 3 is 1.68 bits per heavy atom. The first kappa shape index (κ1) is 43.3. The second-order valence-electron chi connectivity index (χ2n) is 15.3. The molecule has 326 valence electrons. The van der Waals surface area contributed by atoms with Gasteiger partial charge in [0.2, 0.25) is 11.8 Å². The van der Waals surface area contributed by atoms with E-state index in [-0.39, 0.29) is 11.8 Å². The highest BCUT2D eigenvalue weighted by Gasteiger charge is 2.25. The normalized spacial score (nSPS) is 14.2. The third-order valence-electron chi connectivity index (χ3n) is 11.6. The molecule has 0 aliphatic carbocycles. The Kier molecular flexibility index (Phi) is 12.9. The topological polar surface area (TPSA) is 140 Å². The Hall–Kier alpha value is -7.00. The predicted octanol–water partition coefficient (Wildman–Crippen LogP) is 9.47. The van der Waals surface area contributed by atoms with Crippen molar-refractivity contribution in [2.45, 2.75) is 6.92 Å². The van der Waals surface area contributed by atoms with E-state index in [1.165, 1.54) is 6.08 Å². The molecular formula is C49H43Cl2N11O2S. The summed E-state index contributed by atoms with van der Waals surface area (Å²) in [6, 6.07) is 24.2. The first-order valence-corrected chi connectivity index (χ1v) is 22.7. The predicted molar refractivity (Wildman–Crippen MR) is 261 cm³/mol. The van der Waals surface area contributed by atoms with Crippen molar-refractivity contribution in [1.29, 1.82) is 0 Å². The summed E-state index contributed by atoms with van der Waals surface area (Å²) < 4.78 is 0. The minimum absolute atomic E-state index is 0.0406. The summed E-state index contributed by atoms with van der Waals surface area (Å²) >= 11 is 15.2. The number of aromatic nitrogens is 7. The number of nitrogens with one attached hydrogen (secondary N) is 1. The Morgan fingerprint density at radius 2 is 1.18 bits per heavy atom. The molecule has 4 aromatic carbocycles. The average Bonchev–Trinajstić information content (AvgIpc) is 4.10. The van der Waals surface area contributed by atoms with E-state index in [4.69, 9.17) is 23.2 Å². The SMILES string of the molecule is C/C=C/C(=O)N1CCN(c2ncnc3cc(-c4ccccc4-c4nccs4)c(Cl)cc23)CC1.C=CC(=O)N1CCN(c2ncnc3cc(-c4ccccc4-c4cn[nH]c4)c(Cl)cc23)CC1. The van der Waals surface area contributed by atoms with Crippen LogP contribution in [0.1, 0.15) is 6.92 Å². The number of aromatic amines is 1. The highest BCUT2D eigenvalue weighted by molar-refractivity contribution is 7.13. The van der Waals surface area contributed by atoms with Crippen LogP contribution in [-0.2, 0) is 9.59 Å². The lowest BCUT2D eigenvalue weighted by Crippen LogP contribution is -2.48. The summed E-state index contributed by atoms with van der Waals surface area (Å²) in [6.07, 6.45) is 13.4. The zero-order chi connectivity index (χ0) is 44.9. The molecule has 0 unspecified atom stereocenters. The molecule has 1 N–H and O–H groups in total. The van der Waals surface area contributed by atoms with Crippen LogP contribution in [0.4, 0.5) is 11.6 Å². The van der Waals surface area contributed by atoms with E-state index >= 15 is 0 Å². The maximum atomic E-state index is 12.2. The second kappa shape index (κ2) is 19.4. The number of carbonyl (C=O) groups is 2. The van der Waals surface area contributed by atoms with E-state index in [9.17, 15) is 9.59 Å². The molecule has 10 rings (SSSR count). The van der Waals surface area contributed by atoms with Crippen molar-refractivity contribution in [2.24, 2.45) is 0 Å². The van der Waals surface area contributed by atoms with Crippen molar-refractivity contribution in [1.82, 2.24) is 44.9 Å². The van der Waals surface area contributed by atoms with Crippen LogP contribution in [0.3, 0.4) is 0 Å². The molecule has 65 heavy (non-hydrogen) atoms. The van der Waals surface area contributed by atoms with Gasteiger partial charge in [-0.05, 0) is 60.0 Å². The molecule has 0 spiro atoms. The Labute approximate surface area is 389 Å². The lowest BCUT2D eigenvalue weighted by atomic mass is 9.95. The van der Waals surface area contributed by atoms with Crippen LogP contribution in [0, 0.1) is 0 Å². The van der Waals surface area contributed by atoms with Crippen LogP contribution in [0.2, 0.25) is 10.0 Å². The number of anilines is 2. The molecule has 8 aromatic rings. The lowest BCUT2D eigenvalue weighted by Gasteiger charge is -2.35. The van der Waals surface area contributed by atoms with Gasteiger partial charge in [0.05, 0.1) is 17.2 Å². The molecule has 0 saturated carbocycles. The van der Waals surface area contributed by atoms with Crippen LogP contribution in [-0.4, -0.2) is 109 Å². The van der Waals surface area contributed by atoms with Crippen molar-refractivity contribution in [2.75, 3.05) is 62.2 Å². The number of amides is 2. The number of fused-ring (bicyclic) bond motifs is 2. The highest BCUT2D eigenvalue weighted by atomic mass is 35.5. The fourth-order valence-corrected chi connectivity index (χ4v) is 9.53. The van der Waals surface area contributed by atoms with Crippen LogP contribution in [0.25, 0.3) is 65.8 Å². The molecule has 0 bridgehead atoms. The quantitative estimate of drug-likeness (QED) is 0.147. The molecule has 2 amide bonds. The van der Waals surface area contributed by atoms with Crippen molar-refractivity contribution in [3.63, 3.8) is 0 Å². The number of rotatable bonds is 8. The molecule has 2 aliphatic heterocycles. The van der Waals surface area contributed by atoms with E-state index in [0.717, 1.165) is 77.4 Å². The number of nitrogens with zero attached hydrogens (tertiary/aromatic N) is 10. The van der Waals surface area contributed by atoms with E-state index in [1.54, 1.807) is 47.2 Å². The summed E-state index contributed by atoms with van der Waals surface area (Å²) in [4.78, 5) is 54.7. The van der Waals surface area contributed by atoms with Crippen molar-refractivity contribution in [3.8, 4) is 44.0 Å². The van der Waals surface area contributed by atoms with Crippen LogP contribution < -0.4 is 9.80 Å². The fourth-order valence-electron chi connectivity index (χ4n) is 8.33. The van der Waals surface area contributed by atoms with E-state index in [1.807, 2.05) is 84.2 Å². The number of benzene rings is 4. The summed E-state index contributed by atoms with van der Waals surface area (Å²) in [5, 5.41) is 12.9. The van der Waals surface area contributed by atoms with Gasteiger partial charge < -0.3 is 19.6 Å². The Bertz CT molecular complexity index is 3040. The van der Waals surface area contributed by atoms with Crippen LogP contribution in [0.5, 0.6) is 0 Å². The van der Waals surface area contributed by atoms with E-state index in [0.29, 0.717) is 62.4 Å². The highest BCUT2D eigenvalue weighted by Crippen LogP contribution is 2.41. The number of thiazole rings is 1. The van der Waals surface area contributed by atoms with Gasteiger partial charge in [-0.15, -0.1) is 11.3 Å². The number of hydrogen-bond acceptors (Lipinski definition) is 11. The largest absolute Gasteiger partial charge is 0.352 e. The number of H-pyrrole nitrogens is 1. The van der Waals surface area contributed by atoms with Gasteiger partial charge in [-0.25, -0.2) is 24.9 Å². The second-order valence-corrected chi connectivity index (χ2v) is 17.0. The van der Waals surface area contributed by atoms with Gasteiger partial charge in [0, 0.05) is 113 Å². The molecule has 6 heterocycles. The van der Waals surface area contributed by atoms with Gasteiger partial charge in [-0.2, -0.15) is 5.10 Å². The molecule has 13 nitrogen and oxygen atoms in total. The molecule has 2 aliphatic rings. The number of hydrogen-bond donors (Lipinski definition) is 1. The fraction of sp³-hybridized carbons (Fsp3) is 0.184. The molecule has 0 radical (unpaired) electrons. The van der Waals surface area contributed by atoms with Crippen molar-refractivity contribution in [3.05, 3.63) is 144 Å². The van der Waals surface area contributed by atoms with Gasteiger partial charge in [0.1, 0.15) is 29.3 Å². The summed E-state index contributed by atoms with van der Waals surface area (Å²) in [5.74, 6) is 1.69. The zero-order valence-electron chi connectivity index (χ0n) is 35.4. The molecule has 2 saturated heterocycles. The van der Waals surface area contributed by atoms with Gasteiger partial charge >= 0.3 is 0 Å². The maximum Gasteiger partial charge on any atom is 0.246 e. The van der Waals surface area contributed by atoms with Crippen molar-refractivity contribution >= 4 is 79.8 Å². The van der Waals surface area contributed by atoms with Crippen LogP contribution in [0.15, 0.2) is 134 Å². The Morgan fingerprint density at radius 1 is 0.662 bits per heavy atom. The standard InChI is InChI=1S/C25H22ClN5OS.C24H21ClN6O/c1-2-5-23(32)30-9-11-31(12-10-30)24-20-14-21(26)19(15-22(20)28-16-29-24)17-6-3-4-7-18(17)25-27-8-13-33-25;1-2-23(32)30-7-9-31(10-8-30)24-20-11-21(25)19(12-22(20)26-15-27-24)18-6-4-3-5-17(18)16-13-28-29-14-16/h2-8,13-16H,9-12H2,1H3;2-6,11-15H,1,7-10H2,(H,28,29)/b5-2+;. The Balaban J connectivity index is 0.000000164. The summed E-state index contributed by atoms with van der Waals surface area (Å²) in [5.41, 5.74) is 8.59. The average molecular weight is 921 g/mol. The first-order valence-electron chi connectivity index (χ1n) is 21.1. The molecule has 2 fully saturated rings. The van der Waals surface area contributed by atoms with Crippen LogP contribution >= 0.6 is 34.5 Å². The summed E-state index contributed by atoms with van der Waals surface area (Å²) in [6.45, 7) is 10.8. The molecule has 0 atom stereocenters. The smallest absolute Gasteiger partial charge is 0.246 e. The lowest BCUT2D eigenvalue weighted by molar-refractivity contribution is -0.127. The minimum Gasteiger partial charge on any atom is -0.352 e. The van der Waals surface area contributed by atoms with Gasteiger partial charge in [0.25, 0.3) is 0 Å². The molecule has 16 heteroatoms. The first-order chi connectivity index (χ1) is 31.8. The third kappa shape index (κ3) is 9.05. The molecular weight excluding hydrogens is 878 g/mol. The van der Waals surface area contributed by atoms with E-state index in [2.05, 4.69) is 69.7 Å². The number of allylic oxidation sites excluding steroid dienone is 1. The van der Waals surface area contributed by atoms with Gasteiger partial charge in [0.15, 0.2) is 0 Å². The van der Waals surface area contributed by atoms with Crippen molar-refractivity contribution < 1.29 is 9.59 Å². The monoisotopic (exact) mass is 919 g/mol. The van der Waals surface area contributed by atoms with Gasteiger partial charge in [-0.1, -0.05) is 84.4 Å². The maximum absolute atomic E-state index is 12.2.